The van der Waals surface area contributed by atoms with Crippen molar-refractivity contribution < 1.29 is 24.2 Å². The van der Waals surface area contributed by atoms with E-state index in [1.165, 1.54) is 51.4 Å². The van der Waals surface area contributed by atoms with E-state index < -0.39 is 6.10 Å². The number of allylic oxidation sites excluding steroid dienone is 14. The Morgan fingerprint density at radius 1 is 0.460 bits per heavy atom. The first kappa shape index (κ1) is 47.1. The third-order valence-corrected chi connectivity index (χ3v) is 8.16. The number of unbranched alkanes of at least 4 members (excludes halogenated alkanes) is 13. The lowest BCUT2D eigenvalue weighted by molar-refractivity contribution is -0.161. The summed E-state index contributed by atoms with van der Waals surface area (Å²) >= 11 is 0. The number of rotatable bonds is 35. The molecule has 0 unspecified atom stereocenters. The second-order valence-corrected chi connectivity index (χ2v) is 13.0. The van der Waals surface area contributed by atoms with E-state index in [0.717, 1.165) is 89.9 Å². The van der Waals surface area contributed by atoms with E-state index >= 15 is 0 Å². The third-order valence-electron chi connectivity index (χ3n) is 8.16. The van der Waals surface area contributed by atoms with Gasteiger partial charge in [-0.05, 0) is 96.3 Å². The van der Waals surface area contributed by atoms with Gasteiger partial charge in [-0.1, -0.05) is 144 Å². The van der Waals surface area contributed by atoms with Crippen LogP contribution in [-0.4, -0.2) is 36.4 Å². The topological polar surface area (TPSA) is 72.8 Å². The second kappa shape index (κ2) is 40.5. The van der Waals surface area contributed by atoms with Crippen LogP contribution in [0.4, 0.5) is 0 Å². The number of ether oxygens (including phenoxy) is 2. The average molecular weight is 695 g/mol. The number of hydrogen-bond donors (Lipinski definition) is 1. The Balaban J connectivity index is 3.70. The molecular weight excluding hydrogens is 620 g/mol. The van der Waals surface area contributed by atoms with E-state index in [2.05, 4.69) is 98.9 Å². The van der Waals surface area contributed by atoms with Gasteiger partial charge in [0.15, 0.2) is 6.10 Å². The number of hydrogen-bond acceptors (Lipinski definition) is 5. The molecule has 1 N–H and O–H groups in total. The van der Waals surface area contributed by atoms with Gasteiger partial charge in [0, 0.05) is 12.8 Å². The molecule has 284 valence electrons. The van der Waals surface area contributed by atoms with Gasteiger partial charge in [-0.2, -0.15) is 0 Å². The van der Waals surface area contributed by atoms with Gasteiger partial charge in [-0.15, -0.1) is 0 Å². The fourth-order valence-electron chi connectivity index (χ4n) is 5.07. The summed E-state index contributed by atoms with van der Waals surface area (Å²) in [5.74, 6) is -0.660. The summed E-state index contributed by atoms with van der Waals surface area (Å²) in [4.78, 5) is 24.3. The SMILES string of the molecule is CCCCC/C=C\C/C=C\C/C=C\C/C=C\CCCCCC(=O)OC[C@H](CO)OC(=O)CCCCCC/C=C\C/C=C\C/C=C\CCCCC. The number of aliphatic hydroxyl groups is 1. The van der Waals surface area contributed by atoms with E-state index in [0.29, 0.717) is 12.8 Å². The monoisotopic (exact) mass is 695 g/mol. The van der Waals surface area contributed by atoms with Crippen molar-refractivity contribution in [1.82, 2.24) is 0 Å². The molecule has 0 heterocycles. The van der Waals surface area contributed by atoms with Crippen molar-refractivity contribution in [3.05, 3.63) is 85.1 Å². The summed E-state index contributed by atoms with van der Waals surface area (Å²) in [5.41, 5.74) is 0. The lowest BCUT2D eigenvalue weighted by atomic mass is 10.1. The summed E-state index contributed by atoms with van der Waals surface area (Å²) in [6.07, 6.45) is 54.9. The Labute approximate surface area is 307 Å². The molecule has 0 aliphatic carbocycles. The van der Waals surface area contributed by atoms with Crippen LogP contribution in [0, 0.1) is 0 Å². The molecule has 0 saturated heterocycles. The van der Waals surface area contributed by atoms with E-state index in [9.17, 15) is 14.7 Å². The Bertz CT molecular complexity index is 968. The second-order valence-electron chi connectivity index (χ2n) is 13.0. The number of aliphatic hydroxyl groups excluding tert-OH is 1. The molecule has 0 aromatic carbocycles. The zero-order valence-corrected chi connectivity index (χ0v) is 32.1. The average Bonchev–Trinajstić information content (AvgIpc) is 3.12. The smallest absolute Gasteiger partial charge is 0.306 e. The molecule has 0 aliphatic heterocycles. The first-order chi connectivity index (χ1) is 24.6. The molecule has 0 aliphatic rings. The number of esters is 2. The maximum Gasteiger partial charge on any atom is 0.306 e. The minimum atomic E-state index is -0.801. The van der Waals surface area contributed by atoms with Crippen LogP contribution in [0.3, 0.4) is 0 Å². The predicted octanol–water partition coefficient (Wildman–Crippen LogP) is 12.7. The molecule has 1 atom stereocenters. The fourth-order valence-corrected chi connectivity index (χ4v) is 5.07. The first-order valence-corrected chi connectivity index (χ1v) is 20.1. The van der Waals surface area contributed by atoms with Crippen LogP contribution in [0.15, 0.2) is 85.1 Å². The van der Waals surface area contributed by atoms with Crippen molar-refractivity contribution in [3.8, 4) is 0 Å². The summed E-state index contributed by atoms with van der Waals surface area (Å²) in [6, 6.07) is 0. The Morgan fingerprint density at radius 3 is 1.20 bits per heavy atom. The fraction of sp³-hybridized carbons (Fsp3) is 0.644. The molecule has 0 saturated carbocycles. The Morgan fingerprint density at radius 2 is 0.800 bits per heavy atom. The quantitative estimate of drug-likeness (QED) is 0.0406. The zero-order chi connectivity index (χ0) is 36.4. The standard InChI is InChI=1S/C45H74O5/c1-3-5-7-9-11-13-15-17-19-21-22-24-25-27-29-31-33-35-37-39-44(47)49-42-43(41-46)50-45(48)40-38-36-34-32-30-28-26-23-20-18-16-14-12-10-8-6-4-2/h11-14,17-20,22,24,26-29,43,46H,3-10,15-16,21,23,25,30-42H2,1-2H3/b13-11-,14-12-,19-17-,20-18-,24-22-,28-26-,29-27-/t43-/m0/s1. The van der Waals surface area contributed by atoms with Gasteiger partial charge in [0.05, 0.1) is 6.61 Å². The van der Waals surface area contributed by atoms with Crippen LogP contribution in [-0.2, 0) is 19.1 Å². The largest absolute Gasteiger partial charge is 0.462 e. The summed E-state index contributed by atoms with van der Waals surface area (Å²) in [6.45, 7) is 4.02. The highest BCUT2D eigenvalue weighted by Crippen LogP contribution is 2.10. The van der Waals surface area contributed by atoms with Crippen LogP contribution in [0.5, 0.6) is 0 Å². The number of carbonyl (C=O) groups is 2. The van der Waals surface area contributed by atoms with Gasteiger partial charge in [0.25, 0.3) is 0 Å². The lowest BCUT2D eigenvalue weighted by Crippen LogP contribution is -2.28. The number of carbonyl (C=O) groups excluding carboxylic acids is 2. The minimum Gasteiger partial charge on any atom is -0.462 e. The molecule has 0 spiro atoms. The van der Waals surface area contributed by atoms with Crippen molar-refractivity contribution in [2.75, 3.05) is 13.2 Å². The minimum absolute atomic E-state index is 0.0967. The van der Waals surface area contributed by atoms with Crippen molar-refractivity contribution in [2.24, 2.45) is 0 Å². The lowest BCUT2D eigenvalue weighted by Gasteiger charge is -2.15. The summed E-state index contributed by atoms with van der Waals surface area (Å²) in [5, 5.41) is 9.56. The molecule has 5 heteroatoms. The van der Waals surface area contributed by atoms with Crippen LogP contribution in [0.2, 0.25) is 0 Å². The van der Waals surface area contributed by atoms with Crippen LogP contribution < -0.4 is 0 Å². The van der Waals surface area contributed by atoms with Crippen LogP contribution in [0.1, 0.15) is 168 Å². The van der Waals surface area contributed by atoms with Crippen molar-refractivity contribution in [1.29, 1.82) is 0 Å². The zero-order valence-electron chi connectivity index (χ0n) is 32.1. The van der Waals surface area contributed by atoms with Gasteiger partial charge in [-0.25, -0.2) is 0 Å². The van der Waals surface area contributed by atoms with Gasteiger partial charge in [-0.3, -0.25) is 9.59 Å². The molecule has 50 heavy (non-hydrogen) atoms. The molecule has 0 fully saturated rings. The highest BCUT2D eigenvalue weighted by Gasteiger charge is 2.16. The molecule has 5 nitrogen and oxygen atoms in total. The third kappa shape index (κ3) is 37.9. The molecule has 0 aromatic rings. The van der Waals surface area contributed by atoms with Crippen LogP contribution >= 0.6 is 0 Å². The highest BCUT2D eigenvalue weighted by atomic mass is 16.6. The summed E-state index contributed by atoms with van der Waals surface area (Å²) < 4.78 is 10.6. The highest BCUT2D eigenvalue weighted by molar-refractivity contribution is 5.70. The van der Waals surface area contributed by atoms with Gasteiger partial charge in [0.2, 0.25) is 0 Å². The van der Waals surface area contributed by atoms with Crippen molar-refractivity contribution >= 4 is 11.9 Å². The predicted molar refractivity (Wildman–Crippen MR) is 214 cm³/mol. The molecule has 0 amide bonds. The first-order valence-electron chi connectivity index (χ1n) is 20.1. The van der Waals surface area contributed by atoms with Gasteiger partial charge in [0.1, 0.15) is 6.61 Å². The molecule has 0 rings (SSSR count). The van der Waals surface area contributed by atoms with Gasteiger partial charge < -0.3 is 14.6 Å². The van der Waals surface area contributed by atoms with Gasteiger partial charge >= 0.3 is 11.9 Å². The van der Waals surface area contributed by atoms with E-state index in [1.807, 2.05) is 0 Å². The Kier molecular flexibility index (Phi) is 38.1. The summed E-state index contributed by atoms with van der Waals surface area (Å²) in [7, 11) is 0. The van der Waals surface area contributed by atoms with E-state index in [-0.39, 0.29) is 25.2 Å². The van der Waals surface area contributed by atoms with Crippen molar-refractivity contribution in [2.45, 2.75) is 174 Å². The maximum atomic E-state index is 12.2. The molecule has 0 radical (unpaired) electrons. The maximum absolute atomic E-state index is 12.2. The molecule has 0 aromatic heterocycles. The van der Waals surface area contributed by atoms with Crippen LogP contribution in [0.25, 0.3) is 0 Å². The van der Waals surface area contributed by atoms with E-state index in [4.69, 9.17) is 9.47 Å². The van der Waals surface area contributed by atoms with Crippen molar-refractivity contribution in [3.63, 3.8) is 0 Å². The Hall–Kier alpha value is -2.92. The normalized spacial score (nSPS) is 13.1. The molecule has 0 bridgehead atoms. The molecular formula is C45H74O5. The van der Waals surface area contributed by atoms with E-state index in [1.54, 1.807) is 0 Å².